The summed E-state index contributed by atoms with van der Waals surface area (Å²) in [6.45, 7) is 11.9. The first-order valence-electron chi connectivity index (χ1n) is 7.84. The van der Waals surface area contributed by atoms with Crippen LogP contribution in [-0.4, -0.2) is 22.4 Å². The molecule has 1 saturated carbocycles. The summed E-state index contributed by atoms with van der Waals surface area (Å²) < 4.78 is 0. The topological polar surface area (TPSA) is 20.3 Å². The predicted molar refractivity (Wildman–Crippen MR) is 82.0 cm³/mol. The van der Waals surface area contributed by atoms with E-state index in [9.17, 15) is 4.79 Å². The normalized spacial score (nSPS) is 33.6. The summed E-state index contributed by atoms with van der Waals surface area (Å²) in [7, 11) is 0. The van der Waals surface area contributed by atoms with E-state index in [1.807, 2.05) is 27.7 Å². The quantitative estimate of drug-likeness (QED) is 0.637. The number of carbonyl (C=O) groups is 1. The number of amides is 1. The first-order chi connectivity index (χ1) is 9.16. The zero-order chi connectivity index (χ0) is 14.6. The van der Waals surface area contributed by atoms with E-state index in [0.29, 0.717) is 12.0 Å². The first-order valence-corrected chi connectivity index (χ1v) is 7.84. The summed E-state index contributed by atoms with van der Waals surface area (Å²) in [6.07, 6.45) is 10.1. The fourth-order valence-electron chi connectivity index (χ4n) is 3.53. The average molecular weight is 263 g/mol. The van der Waals surface area contributed by atoms with Gasteiger partial charge in [0.1, 0.15) is 0 Å². The standard InChI is InChI=1S/C13H17NO.2C2H6/c1-9-6-7-11-4-3-5-12-8-13(11,12)14(9)10(2)15;2*1-2/h3-5,9,12H,6-8H2,1-2H3;2*1-2H3. The molecule has 1 saturated heterocycles. The van der Waals surface area contributed by atoms with Crippen molar-refractivity contribution in [1.29, 1.82) is 0 Å². The van der Waals surface area contributed by atoms with Gasteiger partial charge in [-0.05, 0) is 31.8 Å². The first kappa shape index (κ1) is 16.0. The fraction of sp³-hybridized carbons (Fsp3) is 0.706. The van der Waals surface area contributed by atoms with Gasteiger partial charge in [0.2, 0.25) is 5.91 Å². The van der Waals surface area contributed by atoms with E-state index in [1.165, 1.54) is 12.0 Å². The van der Waals surface area contributed by atoms with E-state index in [-0.39, 0.29) is 11.4 Å². The number of hydrogen-bond acceptors (Lipinski definition) is 1. The van der Waals surface area contributed by atoms with Crippen LogP contribution in [0.5, 0.6) is 0 Å². The maximum absolute atomic E-state index is 11.8. The third kappa shape index (κ3) is 2.50. The highest BCUT2D eigenvalue weighted by atomic mass is 16.2. The van der Waals surface area contributed by atoms with E-state index >= 15 is 0 Å². The van der Waals surface area contributed by atoms with Crippen LogP contribution in [-0.2, 0) is 4.79 Å². The molecule has 0 aromatic heterocycles. The van der Waals surface area contributed by atoms with Gasteiger partial charge in [0.05, 0.1) is 5.54 Å². The lowest BCUT2D eigenvalue weighted by Gasteiger charge is -2.44. The van der Waals surface area contributed by atoms with Crippen LogP contribution < -0.4 is 0 Å². The van der Waals surface area contributed by atoms with E-state index in [0.717, 1.165) is 12.8 Å². The van der Waals surface area contributed by atoms with Gasteiger partial charge in [-0.15, -0.1) is 0 Å². The SMILES string of the molecule is CC.CC.CC(=O)N1C(C)CCC2=CC=CC3CC231. The zero-order valence-electron chi connectivity index (χ0n) is 13.4. The maximum Gasteiger partial charge on any atom is 0.220 e. The lowest BCUT2D eigenvalue weighted by Crippen LogP contribution is -2.52. The molecule has 1 heterocycles. The van der Waals surface area contributed by atoms with Crippen molar-refractivity contribution in [3.63, 3.8) is 0 Å². The monoisotopic (exact) mass is 263 g/mol. The van der Waals surface area contributed by atoms with Gasteiger partial charge in [0.25, 0.3) is 0 Å². The van der Waals surface area contributed by atoms with Gasteiger partial charge >= 0.3 is 0 Å². The average Bonchev–Trinajstić information content (AvgIpc) is 3.15. The van der Waals surface area contributed by atoms with E-state index in [4.69, 9.17) is 0 Å². The van der Waals surface area contributed by atoms with Gasteiger partial charge in [0.15, 0.2) is 0 Å². The molecule has 3 rings (SSSR count). The molecule has 0 aromatic carbocycles. The molecule has 3 unspecified atom stereocenters. The van der Waals surface area contributed by atoms with Crippen molar-refractivity contribution in [1.82, 2.24) is 4.90 Å². The Morgan fingerprint density at radius 3 is 2.53 bits per heavy atom. The molecule has 2 nitrogen and oxygen atoms in total. The number of rotatable bonds is 0. The largest absolute Gasteiger partial charge is 0.330 e. The Kier molecular flexibility index (Phi) is 5.39. The van der Waals surface area contributed by atoms with Gasteiger partial charge in [-0.3, -0.25) is 4.79 Å². The van der Waals surface area contributed by atoms with E-state index in [1.54, 1.807) is 6.92 Å². The van der Waals surface area contributed by atoms with E-state index < -0.39 is 0 Å². The molecule has 108 valence electrons. The molecule has 3 atom stereocenters. The Hall–Kier alpha value is -1.05. The third-order valence-corrected chi connectivity index (χ3v) is 4.22. The van der Waals surface area contributed by atoms with Crippen LogP contribution in [0.1, 0.15) is 60.8 Å². The molecule has 0 bridgehead atoms. The minimum absolute atomic E-state index is 0.109. The Morgan fingerprint density at radius 2 is 1.95 bits per heavy atom. The lowest BCUT2D eigenvalue weighted by atomic mass is 9.85. The minimum atomic E-state index is 0.109. The van der Waals surface area contributed by atoms with Crippen LogP contribution in [0, 0.1) is 5.92 Å². The van der Waals surface area contributed by atoms with Crippen molar-refractivity contribution >= 4 is 5.91 Å². The Labute approximate surface area is 118 Å². The van der Waals surface area contributed by atoms with Gasteiger partial charge in [-0.1, -0.05) is 45.9 Å². The zero-order valence-corrected chi connectivity index (χ0v) is 13.4. The molecule has 1 aliphatic heterocycles. The Bertz CT molecular complexity index is 383. The molecule has 1 amide bonds. The molecule has 0 aromatic rings. The van der Waals surface area contributed by atoms with Crippen molar-refractivity contribution < 1.29 is 4.79 Å². The second kappa shape index (κ2) is 6.40. The lowest BCUT2D eigenvalue weighted by molar-refractivity contribution is -0.135. The van der Waals surface area contributed by atoms with Crippen LogP contribution in [0.25, 0.3) is 0 Å². The van der Waals surface area contributed by atoms with Gasteiger partial charge in [0, 0.05) is 18.9 Å². The van der Waals surface area contributed by atoms with Crippen molar-refractivity contribution in [3.8, 4) is 0 Å². The number of nitrogens with zero attached hydrogens (tertiary/aromatic N) is 1. The molecule has 2 fully saturated rings. The summed E-state index contributed by atoms with van der Waals surface area (Å²) >= 11 is 0. The van der Waals surface area contributed by atoms with Gasteiger partial charge in [-0.2, -0.15) is 0 Å². The highest BCUT2D eigenvalue weighted by Gasteiger charge is 2.63. The highest BCUT2D eigenvalue weighted by Crippen LogP contribution is 2.60. The molecule has 1 spiro atoms. The molecule has 0 radical (unpaired) electrons. The Morgan fingerprint density at radius 1 is 1.32 bits per heavy atom. The molecule has 3 aliphatic rings. The molecular formula is C17H29NO. The number of allylic oxidation sites excluding steroid dienone is 2. The number of carbonyl (C=O) groups excluding carboxylic acids is 1. The van der Waals surface area contributed by atoms with Crippen LogP contribution in [0.2, 0.25) is 0 Å². The second-order valence-electron chi connectivity index (χ2n) is 5.09. The number of hydrogen-bond donors (Lipinski definition) is 0. The summed E-state index contributed by atoms with van der Waals surface area (Å²) in [6, 6.07) is 0.413. The predicted octanol–water partition coefficient (Wildman–Crippen LogP) is 4.32. The van der Waals surface area contributed by atoms with Crippen LogP contribution in [0.3, 0.4) is 0 Å². The maximum atomic E-state index is 11.8. The van der Waals surface area contributed by atoms with Crippen molar-refractivity contribution in [2.45, 2.75) is 72.4 Å². The van der Waals surface area contributed by atoms with Crippen molar-refractivity contribution in [3.05, 3.63) is 23.8 Å². The van der Waals surface area contributed by atoms with Crippen molar-refractivity contribution in [2.24, 2.45) is 5.92 Å². The van der Waals surface area contributed by atoms with Gasteiger partial charge < -0.3 is 4.90 Å². The number of piperidine rings is 1. The summed E-state index contributed by atoms with van der Waals surface area (Å²) in [5.41, 5.74) is 1.60. The fourth-order valence-corrected chi connectivity index (χ4v) is 3.53. The molecular weight excluding hydrogens is 234 g/mol. The van der Waals surface area contributed by atoms with Crippen LogP contribution in [0.15, 0.2) is 23.8 Å². The third-order valence-electron chi connectivity index (χ3n) is 4.22. The molecule has 19 heavy (non-hydrogen) atoms. The Balaban J connectivity index is 0.000000415. The summed E-state index contributed by atoms with van der Waals surface area (Å²) in [5, 5.41) is 0. The van der Waals surface area contributed by atoms with Crippen molar-refractivity contribution in [2.75, 3.05) is 0 Å². The summed E-state index contributed by atoms with van der Waals surface area (Å²) in [4.78, 5) is 13.9. The highest BCUT2D eigenvalue weighted by molar-refractivity contribution is 5.77. The van der Waals surface area contributed by atoms with Crippen LogP contribution >= 0.6 is 0 Å². The van der Waals surface area contributed by atoms with Gasteiger partial charge in [-0.25, -0.2) is 0 Å². The van der Waals surface area contributed by atoms with Crippen LogP contribution in [0.4, 0.5) is 0 Å². The second-order valence-corrected chi connectivity index (χ2v) is 5.09. The summed E-state index contributed by atoms with van der Waals surface area (Å²) in [5.74, 6) is 0.843. The molecule has 2 heteroatoms. The van der Waals surface area contributed by atoms with E-state index in [2.05, 4.69) is 30.1 Å². The smallest absolute Gasteiger partial charge is 0.220 e. The molecule has 0 N–H and O–H groups in total. The molecule has 2 aliphatic carbocycles. The number of likely N-dealkylation sites (tertiary alicyclic amines) is 1. The minimum Gasteiger partial charge on any atom is -0.330 e.